The average molecular weight is 310 g/mol. The molecule has 23 heavy (non-hydrogen) atoms. The molecule has 0 aromatic carbocycles. The van der Waals surface area contributed by atoms with E-state index >= 15 is 0 Å². The Morgan fingerprint density at radius 1 is 1.39 bits per heavy atom. The molecule has 4 atom stereocenters. The standard InChI is InChI=1S/C22H30O/c1-8-11-22(21(23)15(4)5)13-16(6)12-19-18(14(2)3)10-9-17(7)20(19)22/h8,12,18-20H,1-2,4,7,9-11,13H2,3,5-6H3/t18-,19-,20-,22-/m1/s1. The number of allylic oxidation sites excluding steroid dienone is 6. The summed E-state index contributed by atoms with van der Waals surface area (Å²) in [5.41, 5.74) is 3.91. The molecule has 0 spiro atoms. The summed E-state index contributed by atoms with van der Waals surface area (Å²) >= 11 is 0. The molecule has 0 bridgehead atoms. The molecule has 0 aliphatic heterocycles. The van der Waals surface area contributed by atoms with Crippen LogP contribution >= 0.6 is 0 Å². The minimum atomic E-state index is -0.456. The zero-order valence-electron chi connectivity index (χ0n) is 15.0. The number of carbonyl (C=O) groups is 1. The third kappa shape index (κ3) is 2.94. The van der Waals surface area contributed by atoms with E-state index in [1.807, 2.05) is 13.0 Å². The first-order chi connectivity index (χ1) is 10.7. The summed E-state index contributed by atoms with van der Waals surface area (Å²) in [4.78, 5) is 13.2. The molecule has 1 fully saturated rings. The lowest BCUT2D eigenvalue weighted by Crippen LogP contribution is -2.49. The molecule has 0 unspecified atom stereocenters. The lowest BCUT2D eigenvalue weighted by molar-refractivity contribution is -0.129. The van der Waals surface area contributed by atoms with Crippen LogP contribution in [0.5, 0.6) is 0 Å². The van der Waals surface area contributed by atoms with Crippen LogP contribution in [0.4, 0.5) is 0 Å². The second kappa shape index (κ2) is 6.47. The van der Waals surface area contributed by atoms with Crippen LogP contribution < -0.4 is 0 Å². The SMILES string of the molecule is C=CC[C@@]1(C(=O)C(=C)C)CC(C)=C[C@@H]2[C@@H](C(=C)C)CCC(=C)[C@H]21. The van der Waals surface area contributed by atoms with Crippen molar-refractivity contribution in [2.75, 3.05) is 0 Å². The van der Waals surface area contributed by atoms with E-state index in [2.05, 4.69) is 46.2 Å². The van der Waals surface area contributed by atoms with Crippen LogP contribution in [0.3, 0.4) is 0 Å². The van der Waals surface area contributed by atoms with Crippen LogP contribution in [0.1, 0.15) is 46.5 Å². The Balaban J connectivity index is 2.63. The van der Waals surface area contributed by atoms with Crippen LogP contribution in [0.2, 0.25) is 0 Å². The van der Waals surface area contributed by atoms with Crippen molar-refractivity contribution in [3.8, 4) is 0 Å². The number of rotatable bonds is 5. The highest BCUT2D eigenvalue weighted by atomic mass is 16.1. The third-order valence-electron chi connectivity index (χ3n) is 5.71. The van der Waals surface area contributed by atoms with Gasteiger partial charge in [0.15, 0.2) is 5.78 Å². The number of ketones is 1. The van der Waals surface area contributed by atoms with Gasteiger partial charge in [-0.1, -0.05) is 48.6 Å². The van der Waals surface area contributed by atoms with E-state index in [4.69, 9.17) is 0 Å². The van der Waals surface area contributed by atoms with Crippen LogP contribution in [-0.2, 0) is 4.79 Å². The normalized spacial score (nSPS) is 33.4. The summed E-state index contributed by atoms with van der Waals surface area (Å²) in [7, 11) is 0. The van der Waals surface area contributed by atoms with Gasteiger partial charge >= 0.3 is 0 Å². The first-order valence-electron chi connectivity index (χ1n) is 8.56. The summed E-state index contributed by atoms with van der Waals surface area (Å²) < 4.78 is 0. The summed E-state index contributed by atoms with van der Waals surface area (Å²) in [6, 6.07) is 0. The molecule has 0 N–H and O–H groups in total. The lowest BCUT2D eigenvalue weighted by atomic mass is 9.51. The molecule has 1 nitrogen and oxygen atoms in total. The maximum atomic E-state index is 13.2. The van der Waals surface area contributed by atoms with Gasteiger partial charge in [-0.25, -0.2) is 0 Å². The van der Waals surface area contributed by atoms with Crippen LogP contribution in [-0.4, -0.2) is 5.78 Å². The van der Waals surface area contributed by atoms with Crippen molar-refractivity contribution in [2.45, 2.75) is 46.5 Å². The first kappa shape index (κ1) is 17.7. The second-order valence-corrected chi connectivity index (χ2v) is 7.65. The van der Waals surface area contributed by atoms with Crippen molar-refractivity contribution < 1.29 is 4.79 Å². The van der Waals surface area contributed by atoms with Crippen molar-refractivity contribution >= 4 is 5.78 Å². The van der Waals surface area contributed by atoms with E-state index in [0.29, 0.717) is 23.8 Å². The fourth-order valence-electron chi connectivity index (χ4n) is 4.93. The molecule has 124 valence electrons. The maximum absolute atomic E-state index is 13.2. The number of hydrogen-bond donors (Lipinski definition) is 0. The van der Waals surface area contributed by atoms with E-state index in [1.54, 1.807) is 0 Å². The van der Waals surface area contributed by atoms with Gasteiger partial charge < -0.3 is 0 Å². The van der Waals surface area contributed by atoms with E-state index in [1.165, 1.54) is 16.7 Å². The molecular formula is C22H30O. The van der Waals surface area contributed by atoms with Gasteiger partial charge in [0.1, 0.15) is 0 Å². The van der Waals surface area contributed by atoms with Gasteiger partial charge in [0.05, 0.1) is 0 Å². The average Bonchev–Trinajstić information content (AvgIpc) is 2.45. The molecule has 0 saturated heterocycles. The van der Waals surface area contributed by atoms with Gasteiger partial charge in [-0.15, -0.1) is 6.58 Å². The summed E-state index contributed by atoms with van der Waals surface area (Å²) in [5.74, 6) is 1.11. The van der Waals surface area contributed by atoms with Crippen molar-refractivity contribution in [3.63, 3.8) is 0 Å². The zero-order valence-corrected chi connectivity index (χ0v) is 15.0. The fraction of sp³-hybridized carbons (Fsp3) is 0.500. The van der Waals surface area contributed by atoms with Gasteiger partial charge in [0.2, 0.25) is 0 Å². The summed E-state index contributed by atoms with van der Waals surface area (Å²) in [6.45, 7) is 22.5. The molecule has 0 radical (unpaired) electrons. The fourth-order valence-corrected chi connectivity index (χ4v) is 4.93. The topological polar surface area (TPSA) is 17.1 Å². The summed E-state index contributed by atoms with van der Waals surface area (Å²) in [5, 5.41) is 0. The quantitative estimate of drug-likeness (QED) is 0.462. The van der Waals surface area contributed by atoms with Crippen molar-refractivity contribution in [2.24, 2.45) is 23.2 Å². The minimum Gasteiger partial charge on any atom is -0.294 e. The molecule has 1 saturated carbocycles. The molecule has 0 aromatic heterocycles. The van der Waals surface area contributed by atoms with Gasteiger partial charge in [0.25, 0.3) is 0 Å². The summed E-state index contributed by atoms with van der Waals surface area (Å²) in [6.07, 6.45) is 7.81. The predicted molar refractivity (Wildman–Crippen MR) is 99.1 cm³/mol. The first-order valence-corrected chi connectivity index (χ1v) is 8.56. The molecule has 1 heteroatoms. The van der Waals surface area contributed by atoms with Crippen LogP contribution in [0, 0.1) is 23.2 Å². The molecule has 0 heterocycles. The lowest BCUT2D eigenvalue weighted by Gasteiger charge is -2.52. The van der Waals surface area contributed by atoms with Gasteiger partial charge in [0, 0.05) is 5.41 Å². The molecule has 0 aromatic rings. The number of hydrogen-bond acceptors (Lipinski definition) is 1. The van der Waals surface area contributed by atoms with Crippen molar-refractivity contribution in [1.29, 1.82) is 0 Å². The molecular weight excluding hydrogens is 280 g/mol. The highest BCUT2D eigenvalue weighted by Gasteiger charge is 2.53. The molecule has 2 aliphatic carbocycles. The monoisotopic (exact) mass is 310 g/mol. The molecule has 0 amide bonds. The highest BCUT2D eigenvalue weighted by molar-refractivity contribution is 6.00. The second-order valence-electron chi connectivity index (χ2n) is 7.65. The predicted octanol–water partition coefficient (Wildman–Crippen LogP) is 5.82. The van der Waals surface area contributed by atoms with Crippen LogP contribution in [0.25, 0.3) is 0 Å². The van der Waals surface area contributed by atoms with Crippen molar-refractivity contribution in [3.05, 3.63) is 60.8 Å². The molecule has 2 rings (SSSR count). The Morgan fingerprint density at radius 3 is 2.57 bits per heavy atom. The Bertz CT molecular complexity index is 603. The maximum Gasteiger partial charge on any atom is 0.165 e. The number of fused-ring (bicyclic) bond motifs is 1. The number of Topliss-reactive ketones (excluding diaryl/α,β-unsaturated/α-hetero) is 1. The zero-order chi connectivity index (χ0) is 17.4. The minimum absolute atomic E-state index is 0.170. The van der Waals surface area contributed by atoms with Crippen molar-refractivity contribution in [1.82, 2.24) is 0 Å². The third-order valence-corrected chi connectivity index (χ3v) is 5.71. The Labute approximate surface area is 141 Å². The smallest absolute Gasteiger partial charge is 0.165 e. The highest BCUT2D eigenvalue weighted by Crippen LogP contribution is 2.57. The Kier molecular flexibility index (Phi) is 4.98. The molecule has 2 aliphatic rings. The van der Waals surface area contributed by atoms with Crippen LogP contribution in [0.15, 0.2) is 60.8 Å². The van der Waals surface area contributed by atoms with E-state index in [-0.39, 0.29) is 11.7 Å². The van der Waals surface area contributed by atoms with E-state index in [0.717, 1.165) is 19.3 Å². The number of carbonyl (C=O) groups excluding carboxylic acids is 1. The van der Waals surface area contributed by atoms with E-state index < -0.39 is 5.41 Å². The Morgan fingerprint density at radius 2 is 2.04 bits per heavy atom. The van der Waals surface area contributed by atoms with E-state index in [9.17, 15) is 4.79 Å². The largest absolute Gasteiger partial charge is 0.294 e. The Hall–Kier alpha value is -1.63. The van der Waals surface area contributed by atoms with Gasteiger partial charge in [-0.05, 0) is 69.8 Å². The van der Waals surface area contributed by atoms with Gasteiger partial charge in [-0.2, -0.15) is 0 Å². The van der Waals surface area contributed by atoms with Gasteiger partial charge in [-0.3, -0.25) is 4.79 Å².